The number of benzene rings is 2. The van der Waals surface area contributed by atoms with Crippen LogP contribution in [0.1, 0.15) is 34.6 Å². The normalized spacial score (nSPS) is 10.9. The van der Waals surface area contributed by atoms with Gasteiger partial charge < -0.3 is 14.5 Å². The summed E-state index contributed by atoms with van der Waals surface area (Å²) in [6, 6.07) is 12.9. The van der Waals surface area contributed by atoms with Crippen molar-refractivity contribution in [2.24, 2.45) is 5.92 Å². The molecule has 0 radical (unpaired) electrons. The van der Waals surface area contributed by atoms with Gasteiger partial charge in [-0.25, -0.2) is 9.59 Å². The van der Waals surface area contributed by atoms with E-state index in [0.29, 0.717) is 28.8 Å². The predicted molar refractivity (Wildman–Crippen MR) is 110 cm³/mol. The Kier molecular flexibility index (Phi) is 5.94. The first-order valence-corrected chi connectivity index (χ1v) is 9.45. The van der Waals surface area contributed by atoms with E-state index in [9.17, 15) is 14.4 Å². The molecule has 3 aromatic rings. The largest absolute Gasteiger partial charge is 0.462 e. The number of fused-ring (bicyclic) bond motifs is 1. The molecule has 0 spiro atoms. The summed E-state index contributed by atoms with van der Waals surface area (Å²) in [4.78, 5) is 36.5. The van der Waals surface area contributed by atoms with Crippen molar-refractivity contribution in [3.63, 3.8) is 0 Å². The molecular weight excluding hydrogens is 426 g/mol. The van der Waals surface area contributed by atoms with E-state index in [1.165, 1.54) is 6.07 Å². The van der Waals surface area contributed by atoms with Crippen LogP contribution in [0.4, 0.5) is 5.69 Å². The number of esters is 1. The maximum absolute atomic E-state index is 12.5. The number of carbonyl (C=O) groups is 2. The molecule has 6 nitrogen and oxygen atoms in total. The number of anilines is 1. The number of nitrogens with one attached hydrogen (secondary N) is 1. The third-order valence-corrected chi connectivity index (χ3v) is 4.36. The number of carbonyl (C=O) groups excluding carboxylic acids is 2. The van der Waals surface area contributed by atoms with Crippen LogP contribution >= 0.6 is 15.9 Å². The summed E-state index contributed by atoms with van der Waals surface area (Å²) in [7, 11) is 0. The van der Waals surface area contributed by atoms with Crippen LogP contribution in [0.15, 0.2) is 62.2 Å². The van der Waals surface area contributed by atoms with Gasteiger partial charge in [0.2, 0.25) is 0 Å². The van der Waals surface area contributed by atoms with Crippen LogP contribution < -0.4 is 10.9 Å². The lowest BCUT2D eigenvalue weighted by atomic mass is 10.1. The highest BCUT2D eigenvalue weighted by Crippen LogP contribution is 2.20. The Bertz CT molecular complexity index is 1090. The van der Waals surface area contributed by atoms with Crippen LogP contribution in [0.3, 0.4) is 0 Å². The van der Waals surface area contributed by atoms with Gasteiger partial charge >= 0.3 is 11.6 Å². The van der Waals surface area contributed by atoms with Gasteiger partial charge in [0.25, 0.3) is 5.91 Å². The lowest BCUT2D eigenvalue weighted by Crippen LogP contribution is -2.20. The molecule has 0 aliphatic rings. The lowest BCUT2D eigenvalue weighted by Gasteiger charge is -2.08. The molecule has 7 heteroatoms. The highest BCUT2D eigenvalue weighted by atomic mass is 79.9. The molecule has 0 unspecified atom stereocenters. The predicted octanol–water partition coefficient (Wildman–Crippen LogP) is 4.62. The van der Waals surface area contributed by atoms with Gasteiger partial charge in [0.05, 0.1) is 12.2 Å². The number of amides is 1. The molecule has 2 aromatic carbocycles. The number of halogens is 1. The second-order valence-electron chi connectivity index (χ2n) is 6.65. The molecule has 3 rings (SSSR count). The molecular formula is C21H18BrNO5. The molecule has 0 fully saturated rings. The zero-order valence-corrected chi connectivity index (χ0v) is 16.9. The number of hydrogen-bond donors (Lipinski definition) is 1. The van der Waals surface area contributed by atoms with Crippen molar-refractivity contribution >= 4 is 44.5 Å². The highest BCUT2D eigenvalue weighted by molar-refractivity contribution is 9.10. The van der Waals surface area contributed by atoms with Crippen LogP contribution in [0.5, 0.6) is 0 Å². The average Bonchev–Trinajstić information content (AvgIpc) is 2.66. The topological polar surface area (TPSA) is 85.6 Å². The average molecular weight is 444 g/mol. The second-order valence-corrected chi connectivity index (χ2v) is 7.57. The molecule has 0 atom stereocenters. The van der Waals surface area contributed by atoms with Gasteiger partial charge in [-0.1, -0.05) is 29.8 Å². The molecule has 144 valence electrons. The van der Waals surface area contributed by atoms with Crippen LogP contribution in [-0.2, 0) is 4.74 Å². The summed E-state index contributed by atoms with van der Waals surface area (Å²) in [6.45, 7) is 4.24. The summed E-state index contributed by atoms with van der Waals surface area (Å²) < 4.78 is 11.2. The summed E-state index contributed by atoms with van der Waals surface area (Å²) in [6.07, 6.45) is 0. The van der Waals surface area contributed by atoms with Crippen LogP contribution in [-0.4, -0.2) is 18.5 Å². The molecule has 1 aromatic heterocycles. The smallest absolute Gasteiger partial charge is 0.349 e. The van der Waals surface area contributed by atoms with E-state index < -0.39 is 17.5 Å². The molecule has 0 aliphatic heterocycles. The quantitative estimate of drug-likeness (QED) is 0.459. The first-order valence-electron chi connectivity index (χ1n) is 8.65. The number of rotatable bonds is 5. The van der Waals surface area contributed by atoms with Crippen LogP contribution in [0, 0.1) is 5.92 Å². The van der Waals surface area contributed by atoms with Crippen molar-refractivity contribution in [1.29, 1.82) is 0 Å². The minimum atomic E-state index is -0.721. The lowest BCUT2D eigenvalue weighted by molar-refractivity contribution is 0.0459. The van der Waals surface area contributed by atoms with Gasteiger partial charge in [0.15, 0.2) is 0 Å². The van der Waals surface area contributed by atoms with Crippen molar-refractivity contribution in [2.45, 2.75) is 13.8 Å². The van der Waals surface area contributed by atoms with Crippen molar-refractivity contribution in [3.05, 3.63) is 74.6 Å². The first-order chi connectivity index (χ1) is 13.3. The van der Waals surface area contributed by atoms with E-state index in [4.69, 9.17) is 9.15 Å². The van der Waals surface area contributed by atoms with Gasteiger partial charge in [0.1, 0.15) is 11.1 Å². The van der Waals surface area contributed by atoms with E-state index in [-0.39, 0.29) is 11.5 Å². The fourth-order valence-electron chi connectivity index (χ4n) is 2.47. The Morgan fingerprint density at radius 2 is 1.82 bits per heavy atom. The minimum absolute atomic E-state index is 0.106. The third-order valence-electron chi connectivity index (χ3n) is 3.87. The summed E-state index contributed by atoms with van der Waals surface area (Å²) in [5.41, 5.74) is 0.397. The molecule has 0 aliphatic carbocycles. The molecule has 0 bridgehead atoms. The van der Waals surface area contributed by atoms with Gasteiger partial charge in [-0.15, -0.1) is 0 Å². The fraction of sp³-hybridized carbons (Fsp3) is 0.190. The zero-order chi connectivity index (χ0) is 20.3. The minimum Gasteiger partial charge on any atom is -0.462 e. The summed E-state index contributed by atoms with van der Waals surface area (Å²) in [5.74, 6) is -0.769. The fourth-order valence-corrected chi connectivity index (χ4v) is 2.85. The van der Waals surface area contributed by atoms with Gasteiger partial charge in [-0.05, 0) is 54.4 Å². The maximum atomic E-state index is 12.5. The van der Waals surface area contributed by atoms with E-state index in [0.717, 1.165) is 4.47 Å². The second kappa shape index (κ2) is 8.39. The monoisotopic (exact) mass is 443 g/mol. The molecule has 1 heterocycles. The van der Waals surface area contributed by atoms with Crippen LogP contribution in [0.25, 0.3) is 11.0 Å². The molecule has 0 saturated carbocycles. The van der Waals surface area contributed by atoms with Crippen LogP contribution in [0.2, 0.25) is 0 Å². The Balaban J connectivity index is 1.76. The number of ether oxygens (including phenoxy) is 1. The van der Waals surface area contributed by atoms with Gasteiger partial charge in [-0.2, -0.15) is 0 Å². The number of hydrogen-bond acceptors (Lipinski definition) is 5. The highest BCUT2D eigenvalue weighted by Gasteiger charge is 2.15. The molecule has 1 amide bonds. The van der Waals surface area contributed by atoms with E-state index in [1.807, 2.05) is 13.8 Å². The van der Waals surface area contributed by atoms with Gasteiger partial charge in [-0.3, -0.25) is 4.79 Å². The van der Waals surface area contributed by atoms with Crippen molar-refractivity contribution in [2.75, 3.05) is 11.9 Å². The van der Waals surface area contributed by atoms with Gasteiger partial charge in [0, 0.05) is 15.5 Å². The van der Waals surface area contributed by atoms with E-state index in [1.54, 1.807) is 42.5 Å². The maximum Gasteiger partial charge on any atom is 0.349 e. The standard InChI is InChI=1S/C21H18BrNO5/c1-12(2)11-27-20(25)13-3-6-16(7-4-13)23-19(24)17-10-14-9-15(22)5-8-18(14)28-21(17)26/h3-10,12H,11H2,1-2H3,(H,23,24). The Morgan fingerprint density at radius 1 is 1.11 bits per heavy atom. The van der Waals surface area contributed by atoms with Crippen molar-refractivity contribution in [3.8, 4) is 0 Å². The SMILES string of the molecule is CC(C)COC(=O)c1ccc(NC(=O)c2cc3cc(Br)ccc3oc2=O)cc1. The first kappa shape index (κ1) is 19.8. The van der Waals surface area contributed by atoms with E-state index >= 15 is 0 Å². The molecule has 1 N–H and O–H groups in total. The Labute approximate surface area is 169 Å². The summed E-state index contributed by atoms with van der Waals surface area (Å²) >= 11 is 3.35. The molecule has 0 saturated heterocycles. The van der Waals surface area contributed by atoms with Crippen molar-refractivity contribution < 1.29 is 18.7 Å². The van der Waals surface area contributed by atoms with E-state index in [2.05, 4.69) is 21.2 Å². The molecule has 28 heavy (non-hydrogen) atoms. The Morgan fingerprint density at radius 3 is 2.50 bits per heavy atom. The van der Waals surface area contributed by atoms with Crippen molar-refractivity contribution in [1.82, 2.24) is 0 Å². The zero-order valence-electron chi connectivity index (χ0n) is 15.3. The summed E-state index contributed by atoms with van der Waals surface area (Å²) in [5, 5.41) is 3.26. The third kappa shape index (κ3) is 4.67. The Hall–Kier alpha value is -2.93.